The van der Waals surface area contributed by atoms with Gasteiger partial charge in [0.2, 0.25) is 0 Å². The van der Waals surface area contributed by atoms with Gasteiger partial charge >= 0.3 is 5.51 Å². The molecule has 0 bridgehead atoms. The third-order valence-corrected chi connectivity index (χ3v) is 3.16. The van der Waals surface area contributed by atoms with E-state index in [1.54, 1.807) is 0 Å². The molecular weight excluding hydrogens is 263 g/mol. The van der Waals surface area contributed by atoms with Crippen LogP contribution in [0.2, 0.25) is 0 Å². The molecule has 0 aliphatic carbocycles. The molecule has 0 aromatic carbocycles. The van der Waals surface area contributed by atoms with Gasteiger partial charge in [-0.25, -0.2) is 0 Å². The second-order valence-corrected chi connectivity index (χ2v) is 4.93. The van der Waals surface area contributed by atoms with E-state index in [-0.39, 0.29) is 17.5 Å². The third-order valence-electron chi connectivity index (χ3n) is 2.43. The molecule has 1 aromatic rings. The van der Waals surface area contributed by atoms with Gasteiger partial charge in [0.1, 0.15) is 0 Å². The zero-order valence-electron chi connectivity index (χ0n) is 10.5. The second kappa shape index (κ2) is 7.04. The molecule has 104 valence electrons. The zero-order valence-corrected chi connectivity index (χ0v) is 11.4. The molecule has 0 aliphatic heterocycles. The average Bonchev–Trinajstić information content (AvgIpc) is 2.69. The van der Waals surface area contributed by atoms with Crippen LogP contribution in [-0.4, -0.2) is 27.6 Å². The van der Waals surface area contributed by atoms with E-state index in [9.17, 15) is 13.2 Å². The Morgan fingerprint density at radius 3 is 2.67 bits per heavy atom. The molecule has 0 atom stereocenters. The normalized spacial score (nSPS) is 12.1. The van der Waals surface area contributed by atoms with E-state index in [0.29, 0.717) is 13.1 Å². The van der Waals surface area contributed by atoms with Crippen LogP contribution in [0.3, 0.4) is 0 Å². The first-order chi connectivity index (χ1) is 8.46. The van der Waals surface area contributed by atoms with Gasteiger partial charge in [0.05, 0.1) is 11.4 Å². The van der Waals surface area contributed by atoms with E-state index in [2.05, 4.69) is 10.4 Å². The largest absolute Gasteiger partial charge is 0.441 e. The molecule has 0 fully saturated rings. The van der Waals surface area contributed by atoms with Crippen molar-refractivity contribution in [3.63, 3.8) is 0 Å². The zero-order chi connectivity index (χ0) is 13.6. The third kappa shape index (κ3) is 5.30. The number of thioether (sulfide) groups is 1. The highest BCUT2D eigenvalue weighted by molar-refractivity contribution is 8.00. The fourth-order valence-electron chi connectivity index (χ4n) is 1.56. The lowest BCUT2D eigenvalue weighted by atomic mass is 10.3. The average molecular weight is 281 g/mol. The highest BCUT2D eigenvalue weighted by atomic mass is 32.2. The van der Waals surface area contributed by atoms with Crippen LogP contribution in [0.25, 0.3) is 0 Å². The Morgan fingerprint density at radius 1 is 1.39 bits per heavy atom. The molecule has 0 amide bonds. The van der Waals surface area contributed by atoms with Crippen LogP contribution in [0.1, 0.15) is 25.2 Å². The van der Waals surface area contributed by atoms with E-state index in [0.717, 1.165) is 24.4 Å². The molecule has 18 heavy (non-hydrogen) atoms. The summed E-state index contributed by atoms with van der Waals surface area (Å²) < 4.78 is 37.6. The van der Waals surface area contributed by atoms with E-state index < -0.39 is 5.51 Å². The summed E-state index contributed by atoms with van der Waals surface area (Å²) in [5.74, 6) is 0.0321. The number of aryl methyl sites for hydroxylation is 2. The fraction of sp³-hybridized carbons (Fsp3) is 0.727. The summed E-state index contributed by atoms with van der Waals surface area (Å²) in [6.45, 7) is 5.68. The lowest BCUT2D eigenvalue weighted by molar-refractivity contribution is -0.0327. The summed E-state index contributed by atoms with van der Waals surface area (Å²) in [5, 5.41) is 7.38. The van der Waals surface area contributed by atoms with E-state index in [1.807, 2.05) is 24.6 Å². The Labute approximate surface area is 109 Å². The number of aromatic nitrogens is 2. The van der Waals surface area contributed by atoms with Crippen LogP contribution < -0.4 is 5.32 Å². The van der Waals surface area contributed by atoms with Gasteiger partial charge in [-0.15, -0.1) is 0 Å². The van der Waals surface area contributed by atoms with Gasteiger partial charge in [-0.1, -0.05) is 6.92 Å². The van der Waals surface area contributed by atoms with Crippen LogP contribution in [-0.2, 0) is 19.5 Å². The van der Waals surface area contributed by atoms with Crippen LogP contribution in [0.4, 0.5) is 13.2 Å². The van der Waals surface area contributed by atoms with Crippen molar-refractivity contribution in [2.75, 3.05) is 12.3 Å². The Balaban J connectivity index is 2.32. The minimum atomic E-state index is -4.14. The summed E-state index contributed by atoms with van der Waals surface area (Å²) in [5.41, 5.74) is -2.10. The summed E-state index contributed by atoms with van der Waals surface area (Å²) in [6, 6.07) is 1.99. The number of rotatable bonds is 7. The van der Waals surface area contributed by atoms with Crippen molar-refractivity contribution >= 4 is 11.8 Å². The van der Waals surface area contributed by atoms with E-state index in [4.69, 9.17) is 0 Å². The number of nitrogens with zero attached hydrogens (tertiary/aromatic N) is 2. The van der Waals surface area contributed by atoms with Crippen LogP contribution in [0.5, 0.6) is 0 Å². The number of alkyl halides is 3. The van der Waals surface area contributed by atoms with Crippen molar-refractivity contribution in [2.45, 2.75) is 38.9 Å². The van der Waals surface area contributed by atoms with Crippen molar-refractivity contribution in [1.82, 2.24) is 15.1 Å². The molecular formula is C11H18F3N3S. The highest BCUT2D eigenvalue weighted by Crippen LogP contribution is 2.29. The van der Waals surface area contributed by atoms with Gasteiger partial charge < -0.3 is 5.32 Å². The molecule has 7 heteroatoms. The molecule has 0 unspecified atom stereocenters. The van der Waals surface area contributed by atoms with Crippen molar-refractivity contribution in [3.8, 4) is 0 Å². The fourth-order valence-corrected chi connectivity index (χ4v) is 2.04. The van der Waals surface area contributed by atoms with Crippen molar-refractivity contribution < 1.29 is 13.2 Å². The van der Waals surface area contributed by atoms with Gasteiger partial charge in [-0.05, 0) is 31.2 Å². The minimum absolute atomic E-state index is 0.00345. The molecule has 3 nitrogen and oxygen atoms in total. The van der Waals surface area contributed by atoms with Gasteiger partial charge in [-0.3, -0.25) is 4.68 Å². The lowest BCUT2D eigenvalue weighted by Gasteiger charge is -2.07. The van der Waals surface area contributed by atoms with Crippen LogP contribution in [0.15, 0.2) is 6.07 Å². The quantitative estimate of drug-likeness (QED) is 0.779. The van der Waals surface area contributed by atoms with Crippen LogP contribution >= 0.6 is 11.8 Å². The number of nitrogens with one attached hydrogen (secondary N) is 1. The maximum atomic E-state index is 11.9. The molecule has 0 saturated heterocycles. The first kappa shape index (κ1) is 15.4. The van der Waals surface area contributed by atoms with Crippen molar-refractivity contribution in [3.05, 3.63) is 17.5 Å². The van der Waals surface area contributed by atoms with Crippen molar-refractivity contribution in [1.29, 1.82) is 0 Å². The van der Waals surface area contributed by atoms with Gasteiger partial charge in [0.25, 0.3) is 0 Å². The predicted molar refractivity (Wildman–Crippen MR) is 67.5 cm³/mol. The van der Waals surface area contributed by atoms with E-state index in [1.165, 1.54) is 0 Å². The lowest BCUT2D eigenvalue weighted by Crippen LogP contribution is -2.20. The molecule has 0 spiro atoms. The monoisotopic (exact) mass is 281 g/mol. The standard InChI is InChI=1S/C11H18F3N3S/c1-3-9-7-10(17(4-2)16-9)8-15-5-6-18-11(12,13)14/h7,15H,3-6,8H2,1-2H3. The van der Waals surface area contributed by atoms with Gasteiger partial charge in [0, 0.05) is 25.4 Å². The predicted octanol–water partition coefficient (Wildman–Crippen LogP) is 2.81. The molecule has 0 aliphatic rings. The maximum absolute atomic E-state index is 11.9. The summed E-state index contributed by atoms with van der Waals surface area (Å²) in [4.78, 5) is 0. The number of hydrogen-bond acceptors (Lipinski definition) is 3. The van der Waals surface area contributed by atoms with E-state index >= 15 is 0 Å². The molecule has 0 saturated carbocycles. The SMILES string of the molecule is CCc1cc(CNCCSC(F)(F)F)n(CC)n1. The van der Waals surface area contributed by atoms with Gasteiger partial charge in [0.15, 0.2) is 0 Å². The molecule has 1 rings (SSSR count). The Morgan fingerprint density at radius 2 is 2.11 bits per heavy atom. The molecule has 1 heterocycles. The Hall–Kier alpha value is -0.690. The van der Waals surface area contributed by atoms with Gasteiger partial charge in [-0.2, -0.15) is 18.3 Å². The Bertz CT molecular complexity index is 363. The smallest absolute Gasteiger partial charge is 0.310 e. The first-order valence-corrected chi connectivity index (χ1v) is 6.91. The molecule has 1 aromatic heterocycles. The highest BCUT2D eigenvalue weighted by Gasteiger charge is 2.27. The van der Waals surface area contributed by atoms with Crippen molar-refractivity contribution in [2.24, 2.45) is 0 Å². The first-order valence-electron chi connectivity index (χ1n) is 5.93. The minimum Gasteiger partial charge on any atom is -0.310 e. The molecule has 0 radical (unpaired) electrons. The second-order valence-electron chi connectivity index (χ2n) is 3.77. The van der Waals surface area contributed by atoms with Crippen LogP contribution in [0, 0.1) is 0 Å². The Kier molecular flexibility index (Phi) is 6.01. The summed E-state index contributed by atoms with van der Waals surface area (Å²) in [6.07, 6.45) is 0.865. The topological polar surface area (TPSA) is 29.9 Å². The maximum Gasteiger partial charge on any atom is 0.441 e. The summed E-state index contributed by atoms with van der Waals surface area (Å²) in [7, 11) is 0. The number of hydrogen-bond donors (Lipinski definition) is 1. The molecule has 1 N–H and O–H groups in total. The summed E-state index contributed by atoms with van der Waals surface area (Å²) >= 11 is 0.00345. The number of halogens is 3.